The Hall–Kier alpha value is -1.06. The molecule has 1 unspecified atom stereocenters. The van der Waals surface area contributed by atoms with Gasteiger partial charge in [-0.2, -0.15) is 0 Å². The fraction of sp³-hybridized carbons (Fsp3) is 0.857. The van der Waals surface area contributed by atoms with Gasteiger partial charge in [0.1, 0.15) is 0 Å². The van der Waals surface area contributed by atoms with E-state index in [1.165, 1.54) is 0 Å². The van der Waals surface area contributed by atoms with Crippen molar-refractivity contribution in [2.75, 3.05) is 6.54 Å². The van der Waals surface area contributed by atoms with E-state index in [-0.39, 0.29) is 18.4 Å². The molecule has 0 fully saturated rings. The van der Waals surface area contributed by atoms with E-state index < -0.39 is 11.9 Å². The van der Waals surface area contributed by atoms with Gasteiger partial charge in [0.05, 0.1) is 5.92 Å². The highest BCUT2D eigenvalue weighted by Gasteiger charge is 2.20. The molecular formula is C14H27NO3. The van der Waals surface area contributed by atoms with Crippen LogP contribution in [0.1, 0.15) is 59.3 Å². The van der Waals surface area contributed by atoms with Crippen LogP contribution < -0.4 is 5.32 Å². The standard InChI is InChI=1S/C14H27NO3/c1-4-7-11(8-5-2)13(16)15-10-12(9-6-3)14(17)18/h11-12H,4-10H2,1-3H3,(H,15,16)(H,17,18). The first-order valence-corrected chi connectivity index (χ1v) is 7.07. The third kappa shape index (κ3) is 6.62. The van der Waals surface area contributed by atoms with E-state index in [0.29, 0.717) is 6.42 Å². The highest BCUT2D eigenvalue weighted by molar-refractivity contribution is 5.79. The monoisotopic (exact) mass is 257 g/mol. The molecule has 2 N–H and O–H groups in total. The normalized spacial score (nSPS) is 12.4. The summed E-state index contributed by atoms with van der Waals surface area (Å²) in [5.41, 5.74) is 0. The summed E-state index contributed by atoms with van der Waals surface area (Å²) in [4.78, 5) is 22.9. The molecule has 18 heavy (non-hydrogen) atoms. The van der Waals surface area contributed by atoms with Crippen LogP contribution in [-0.4, -0.2) is 23.5 Å². The Bertz CT molecular complexity index is 247. The molecule has 0 aromatic heterocycles. The van der Waals surface area contributed by atoms with Gasteiger partial charge < -0.3 is 10.4 Å². The van der Waals surface area contributed by atoms with E-state index in [4.69, 9.17) is 5.11 Å². The molecule has 0 saturated carbocycles. The average Bonchev–Trinajstić information content (AvgIpc) is 2.33. The number of hydrogen-bond donors (Lipinski definition) is 2. The van der Waals surface area contributed by atoms with Crippen LogP contribution in [0.15, 0.2) is 0 Å². The molecule has 0 radical (unpaired) electrons. The predicted octanol–water partition coefficient (Wildman–Crippen LogP) is 2.82. The Kier molecular flexibility index (Phi) is 9.33. The fourth-order valence-corrected chi connectivity index (χ4v) is 2.13. The topological polar surface area (TPSA) is 66.4 Å². The molecule has 0 aromatic rings. The molecule has 0 aliphatic rings. The van der Waals surface area contributed by atoms with Crippen molar-refractivity contribution in [1.29, 1.82) is 0 Å². The lowest BCUT2D eigenvalue weighted by atomic mass is 9.96. The quantitative estimate of drug-likeness (QED) is 0.632. The zero-order valence-electron chi connectivity index (χ0n) is 11.9. The van der Waals surface area contributed by atoms with Crippen molar-refractivity contribution in [3.05, 3.63) is 0 Å². The van der Waals surface area contributed by atoms with E-state index >= 15 is 0 Å². The lowest BCUT2D eigenvalue weighted by molar-refractivity contribution is -0.142. The van der Waals surface area contributed by atoms with Gasteiger partial charge in [0, 0.05) is 12.5 Å². The zero-order chi connectivity index (χ0) is 14.0. The smallest absolute Gasteiger partial charge is 0.308 e. The fourth-order valence-electron chi connectivity index (χ4n) is 2.13. The van der Waals surface area contributed by atoms with Crippen molar-refractivity contribution in [2.24, 2.45) is 11.8 Å². The molecule has 0 bridgehead atoms. The Morgan fingerprint density at radius 2 is 1.39 bits per heavy atom. The van der Waals surface area contributed by atoms with Crippen LogP contribution >= 0.6 is 0 Å². The minimum Gasteiger partial charge on any atom is -0.481 e. The van der Waals surface area contributed by atoms with E-state index in [9.17, 15) is 9.59 Å². The molecule has 106 valence electrons. The van der Waals surface area contributed by atoms with Crippen molar-refractivity contribution in [3.8, 4) is 0 Å². The molecule has 0 aliphatic carbocycles. The number of amides is 1. The highest BCUT2D eigenvalue weighted by atomic mass is 16.4. The molecule has 0 heterocycles. The second-order valence-corrected chi connectivity index (χ2v) is 4.84. The highest BCUT2D eigenvalue weighted by Crippen LogP contribution is 2.14. The lowest BCUT2D eigenvalue weighted by Gasteiger charge is -2.17. The molecule has 0 saturated heterocycles. The second-order valence-electron chi connectivity index (χ2n) is 4.84. The van der Waals surface area contributed by atoms with Crippen LogP contribution in [0.3, 0.4) is 0 Å². The molecule has 1 atom stereocenters. The summed E-state index contributed by atoms with van der Waals surface area (Å²) in [6, 6.07) is 0. The summed E-state index contributed by atoms with van der Waals surface area (Å²) in [5.74, 6) is -1.22. The number of carbonyl (C=O) groups is 2. The Morgan fingerprint density at radius 1 is 0.944 bits per heavy atom. The Balaban J connectivity index is 4.22. The maximum Gasteiger partial charge on any atom is 0.308 e. The maximum atomic E-state index is 12.0. The van der Waals surface area contributed by atoms with Gasteiger partial charge in [0.15, 0.2) is 0 Å². The number of nitrogens with one attached hydrogen (secondary N) is 1. The predicted molar refractivity (Wildman–Crippen MR) is 72.3 cm³/mol. The average molecular weight is 257 g/mol. The van der Waals surface area contributed by atoms with Crippen molar-refractivity contribution in [2.45, 2.75) is 59.3 Å². The van der Waals surface area contributed by atoms with Crippen LogP contribution in [0.5, 0.6) is 0 Å². The van der Waals surface area contributed by atoms with Crippen LogP contribution in [0.4, 0.5) is 0 Å². The van der Waals surface area contributed by atoms with Crippen molar-refractivity contribution in [1.82, 2.24) is 5.32 Å². The van der Waals surface area contributed by atoms with Crippen LogP contribution in [0.25, 0.3) is 0 Å². The first-order valence-electron chi connectivity index (χ1n) is 7.07. The van der Waals surface area contributed by atoms with E-state index in [1.807, 2.05) is 6.92 Å². The van der Waals surface area contributed by atoms with Gasteiger partial charge in [-0.25, -0.2) is 0 Å². The first-order chi connectivity index (χ1) is 8.56. The number of aliphatic carboxylic acids is 1. The van der Waals surface area contributed by atoms with E-state index in [2.05, 4.69) is 19.2 Å². The molecule has 0 rings (SSSR count). The molecule has 4 nitrogen and oxygen atoms in total. The lowest BCUT2D eigenvalue weighted by Crippen LogP contribution is -2.36. The van der Waals surface area contributed by atoms with Gasteiger partial charge in [-0.1, -0.05) is 40.0 Å². The summed E-state index contributed by atoms with van der Waals surface area (Å²) in [6.07, 6.45) is 5.16. The first kappa shape index (κ1) is 16.9. The SMILES string of the molecule is CCCC(CNC(=O)C(CCC)CCC)C(=O)O. The van der Waals surface area contributed by atoms with Crippen LogP contribution in [-0.2, 0) is 9.59 Å². The van der Waals surface area contributed by atoms with Gasteiger partial charge in [-0.05, 0) is 19.3 Å². The third-order valence-corrected chi connectivity index (χ3v) is 3.15. The minimum absolute atomic E-state index is 0.0149. The number of hydrogen-bond acceptors (Lipinski definition) is 2. The molecule has 0 spiro atoms. The van der Waals surface area contributed by atoms with E-state index in [0.717, 1.165) is 32.1 Å². The molecule has 0 aromatic carbocycles. The zero-order valence-corrected chi connectivity index (χ0v) is 11.9. The van der Waals surface area contributed by atoms with Gasteiger partial charge in [-0.15, -0.1) is 0 Å². The summed E-state index contributed by atoms with van der Waals surface area (Å²) in [6.45, 7) is 6.33. The molecule has 1 amide bonds. The van der Waals surface area contributed by atoms with Crippen molar-refractivity contribution < 1.29 is 14.7 Å². The summed E-state index contributed by atoms with van der Waals surface area (Å²) in [7, 11) is 0. The molecule has 4 heteroatoms. The van der Waals surface area contributed by atoms with Crippen LogP contribution in [0, 0.1) is 11.8 Å². The second kappa shape index (κ2) is 9.92. The number of rotatable bonds is 10. The largest absolute Gasteiger partial charge is 0.481 e. The maximum absolute atomic E-state index is 12.0. The number of carboxylic acid groups (broad SMARTS) is 1. The molecular weight excluding hydrogens is 230 g/mol. The van der Waals surface area contributed by atoms with Gasteiger partial charge in [0.2, 0.25) is 5.91 Å². The van der Waals surface area contributed by atoms with E-state index in [1.54, 1.807) is 0 Å². The number of carboxylic acids is 1. The summed E-state index contributed by atoms with van der Waals surface area (Å²) < 4.78 is 0. The van der Waals surface area contributed by atoms with Crippen LogP contribution in [0.2, 0.25) is 0 Å². The van der Waals surface area contributed by atoms with Gasteiger partial charge in [-0.3, -0.25) is 9.59 Å². The Morgan fingerprint density at radius 3 is 1.78 bits per heavy atom. The van der Waals surface area contributed by atoms with Gasteiger partial charge >= 0.3 is 5.97 Å². The van der Waals surface area contributed by atoms with Crippen molar-refractivity contribution >= 4 is 11.9 Å². The Labute approximate surface area is 110 Å². The number of carbonyl (C=O) groups excluding carboxylic acids is 1. The third-order valence-electron chi connectivity index (χ3n) is 3.15. The molecule has 0 aliphatic heterocycles. The van der Waals surface area contributed by atoms with Gasteiger partial charge in [0.25, 0.3) is 0 Å². The van der Waals surface area contributed by atoms with Crippen molar-refractivity contribution in [3.63, 3.8) is 0 Å². The summed E-state index contributed by atoms with van der Waals surface area (Å²) >= 11 is 0. The summed E-state index contributed by atoms with van der Waals surface area (Å²) in [5, 5.41) is 11.8. The minimum atomic E-state index is -0.820.